The summed E-state index contributed by atoms with van der Waals surface area (Å²) in [5.41, 5.74) is 2.51. The number of rotatable bonds is 8. The molecular weight excluding hydrogens is 433 g/mol. The molecule has 4 aromatic rings. The van der Waals surface area contributed by atoms with Crippen molar-refractivity contribution in [2.45, 2.75) is 26.8 Å². The highest BCUT2D eigenvalue weighted by Gasteiger charge is 2.18. The van der Waals surface area contributed by atoms with Crippen LogP contribution in [0.3, 0.4) is 0 Å². The van der Waals surface area contributed by atoms with Gasteiger partial charge in [-0.25, -0.2) is 24.1 Å². The number of hydrogen-bond acceptors (Lipinski definition) is 7. The van der Waals surface area contributed by atoms with Crippen LogP contribution in [0.4, 0.5) is 10.2 Å². The van der Waals surface area contributed by atoms with Crippen molar-refractivity contribution in [1.29, 1.82) is 0 Å². The van der Waals surface area contributed by atoms with Crippen LogP contribution < -0.4 is 10.1 Å². The molecule has 166 valence electrons. The molecule has 0 aliphatic rings. The third-order valence-electron chi connectivity index (χ3n) is 5.15. The minimum atomic E-state index is -0.990. The minimum Gasteiger partial charge on any atom is -0.496 e. The Morgan fingerprint density at radius 1 is 1.31 bits per heavy atom. The van der Waals surface area contributed by atoms with E-state index in [9.17, 15) is 14.3 Å². The number of aromatic carboxylic acids is 1. The highest BCUT2D eigenvalue weighted by atomic mass is 32.1. The number of ether oxygens (including phenoxy) is 1. The van der Waals surface area contributed by atoms with Gasteiger partial charge in [-0.3, -0.25) is 0 Å². The molecule has 0 unspecified atom stereocenters. The second-order valence-corrected chi connectivity index (χ2v) is 8.12. The number of carboxylic acids is 1. The molecule has 0 amide bonds. The number of aryl methyl sites for hydroxylation is 2. The van der Waals surface area contributed by atoms with Crippen molar-refractivity contribution >= 4 is 34.0 Å². The van der Waals surface area contributed by atoms with Crippen LogP contribution in [-0.2, 0) is 13.0 Å². The summed E-state index contributed by atoms with van der Waals surface area (Å²) >= 11 is 1.10. The Morgan fingerprint density at radius 2 is 2.12 bits per heavy atom. The van der Waals surface area contributed by atoms with Crippen molar-refractivity contribution in [2.75, 3.05) is 19.0 Å². The lowest BCUT2D eigenvalue weighted by atomic mass is 10.2. The predicted octanol–water partition coefficient (Wildman–Crippen LogP) is 4.38. The fourth-order valence-corrected chi connectivity index (χ4v) is 4.60. The van der Waals surface area contributed by atoms with Crippen molar-refractivity contribution < 1.29 is 19.0 Å². The lowest BCUT2D eigenvalue weighted by molar-refractivity contribution is 0.0700. The molecule has 0 spiro atoms. The van der Waals surface area contributed by atoms with Crippen molar-refractivity contribution in [3.8, 4) is 16.5 Å². The molecule has 4 rings (SSSR count). The third kappa shape index (κ3) is 4.01. The largest absolute Gasteiger partial charge is 0.496 e. The standard InChI is InChI=1S/C22H22FN5O3S/c1-4-15-20(22(29)30)32-21(27-15)16-10-18(26-11-25-16)24-7-8-28-12(2)9-13-17(31-3)6-5-14(23)19(13)28/h5-6,9-11H,4,7-8H2,1-3H3,(H,29,30)(H,24,25,26). The smallest absolute Gasteiger partial charge is 0.347 e. The molecule has 2 N–H and O–H groups in total. The third-order valence-corrected chi connectivity index (χ3v) is 6.26. The second-order valence-electron chi connectivity index (χ2n) is 7.12. The van der Waals surface area contributed by atoms with E-state index in [1.807, 2.05) is 24.5 Å². The first-order valence-electron chi connectivity index (χ1n) is 10.0. The summed E-state index contributed by atoms with van der Waals surface area (Å²) in [5, 5.41) is 13.9. The Bertz CT molecular complexity index is 1300. The Labute approximate surface area is 187 Å². The SMILES string of the molecule is CCc1nc(-c2cc(NCCn3c(C)cc4c(OC)ccc(F)c43)ncn2)sc1C(=O)O. The Morgan fingerprint density at radius 3 is 2.81 bits per heavy atom. The molecule has 3 aromatic heterocycles. The van der Waals surface area contributed by atoms with E-state index in [1.54, 1.807) is 19.2 Å². The van der Waals surface area contributed by atoms with Gasteiger partial charge < -0.3 is 19.7 Å². The van der Waals surface area contributed by atoms with Gasteiger partial charge in [0.2, 0.25) is 0 Å². The van der Waals surface area contributed by atoms with Crippen LogP contribution in [0.15, 0.2) is 30.6 Å². The lowest BCUT2D eigenvalue weighted by Gasteiger charge is -2.11. The maximum Gasteiger partial charge on any atom is 0.347 e. The molecular formula is C22H22FN5O3S. The monoisotopic (exact) mass is 455 g/mol. The fraction of sp³-hybridized carbons (Fsp3) is 0.273. The average molecular weight is 456 g/mol. The lowest BCUT2D eigenvalue weighted by Crippen LogP contribution is -2.13. The van der Waals surface area contributed by atoms with Crippen molar-refractivity contribution in [1.82, 2.24) is 19.5 Å². The number of fused-ring (bicyclic) bond motifs is 1. The zero-order valence-electron chi connectivity index (χ0n) is 17.8. The van der Waals surface area contributed by atoms with Gasteiger partial charge in [-0.05, 0) is 31.5 Å². The quantitative estimate of drug-likeness (QED) is 0.406. The van der Waals surface area contributed by atoms with E-state index < -0.39 is 5.97 Å². The van der Waals surface area contributed by atoms with Crippen LogP contribution in [-0.4, -0.2) is 44.2 Å². The van der Waals surface area contributed by atoms with Crippen LogP contribution in [0.25, 0.3) is 21.6 Å². The molecule has 10 heteroatoms. The number of methoxy groups -OCH3 is 1. The number of nitrogens with zero attached hydrogens (tertiary/aromatic N) is 4. The minimum absolute atomic E-state index is 0.225. The van der Waals surface area contributed by atoms with Gasteiger partial charge in [0.25, 0.3) is 0 Å². The molecule has 0 fully saturated rings. The van der Waals surface area contributed by atoms with E-state index in [-0.39, 0.29) is 10.7 Å². The van der Waals surface area contributed by atoms with E-state index >= 15 is 0 Å². The predicted molar refractivity (Wildman–Crippen MR) is 121 cm³/mol. The van der Waals surface area contributed by atoms with Gasteiger partial charge in [0.15, 0.2) is 0 Å². The summed E-state index contributed by atoms with van der Waals surface area (Å²) in [4.78, 5) is 24.5. The summed E-state index contributed by atoms with van der Waals surface area (Å²) in [6.07, 6.45) is 1.94. The first-order valence-corrected chi connectivity index (χ1v) is 10.9. The molecule has 0 aliphatic carbocycles. The maximum atomic E-state index is 14.5. The zero-order valence-corrected chi connectivity index (χ0v) is 18.7. The molecule has 0 atom stereocenters. The topological polar surface area (TPSA) is 102 Å². The van der Waals surface area contributed by atoms with Gasteiger partial charge in [-0.15, -0.1) is 11.3 Å². The fourth-order valence-electron chi connectivity index (χ4n) is 3.64. The number of halogens is 1. The van der Waals surface area contributed by atoms with E-state index in [4.69, 9.17) is 4.74 Å². The second kappa shape index (κ2) is 8.91. The highest BCUT2D eigenvalue weighted by Crippen LogP contribution is 2.31. The first-order chi connectivity index (χ1) is 15.4. The van der Waals surface area contributed by atoms with E-state index in [0.717, 1.165) is 22.4 Å². The Hall–Kier alpha value is -3.53. The highest BCUT2D eigenvalue weighted by molar-refractivity contribution is 7.17. The van der Waals surface area contributed by atoms with Crippen LogP contribution in [0.2, 0.25) is 0 Å². The van der Waals surface area contributed by atoms with Crippen LogP contribution in [0.5, 0.6) is 5.75 Å². The van der Waals surface area contributed by atoms with Crippen molar-refractivity contribution in [2.24, 2.45) is 0 Å². The number of benzene rings is 1. The number of carboxylic acid groups (broad SMARTS) is 1. The average Bonchev–Trinajstić information content (AvgIpc) is 3.36. The number of hydrogen-bond donors (Lipinski definition) is 2. The summed E-state index contributed by atoms with van der Waals surface area (Å²) in [7, 11) is 1.57. The summed E-state index contributed by atoms with van der Waals surface area (Å²) in [6.45, 7) is 4.80. The van der Waals surface area contributed by atoms with Crippen LogP contribution in [0.1, 0.15) is 28.0 Å². The van der Waals surface area contributed by atoms with Crippen molar-refractivity contribution in [3.63, 3.8) is 0 Å². The van der Waals surface area contributed by atoms with Gasteiger partial charge in [0.1, 0.15) is 39.3 Å². The van der Waals surface area contributed by atoms with E-state index in [0.29, 0.717) is 53.0 Å². The molecule has 0 radical (unpaired) electrons. The molecule has 32 heavy (non-hydrogen) atoms. The molecule has 8 nitrogen and oxygen atoms in total. The summed E-state index contributed by atoms with van der Waals surface area (Å²) < 4.78 is 21.8. The molecule has 0 bridgehead atoms. The Balaban J connectivity index is 1.53. The number of anilines is 1. The Kier molecular flexibility index (Phi) is 6.04. The number of carbonyl (C=O) groups is 1. The van der Waals surface area contributed by atoms with Crippen LogP contribution in [0, 0.1) is 12.7 Å². The van der Waals surface area contributed by atoms with Crippen LogP contribution >= 0.6 is 11.3 Å². The molecule has 0 saturated carbocycles. The normalized spacial score (nSPS) is 11.1. The maximum absolute atomic E-state index is 14.5. The van der Waals surface area contributed by atoms with Gasteiger partial charge in [0, 0.05) is 30.2 Å². The van der Waals surface area contributed by atoms with Gasteiger partial charge in [0.05, 0.1) is 18.3 Å². The number of aromatic nitrogens is 4. The molecule has 0 aliphatic heterocycles. The van der Waals surface area contributed by atoms with Crippen molar-refractivity contribution in [3.05, 3.63) is 52.7 Å². The van der Waals surface area contributed by atoms with E-state index in [1.165, 1.54) is 12.4 Å². The summed E-state index contributed by atoms with van der Waals surface area (Å²) in [5.74, 6) is -0.0845. The molecule has 0 saturated heterocycles. The number of thiazole rings is 1. The van der Waals surface area contributed by atoms with E-state index in [2.05, 4.69) is 20.3 Å². The first kappa shape index (κ1) is 21.7. The zero-order chi connectivity index (χ0) is 22.8. The number of nitrogens with one attached hydrogen (secondary N) is 1. The van der Waals surface area contributed by atoms with Gasteiger partial charge in [-0.1, -0.05) is 6.92 Å². The van der Waals surface area contributed by atoms with Gasteiger partial charge >= 0.3 is 5.97 Å². The molecule has 1 aromatic carbocycles. The molecule has 3 heterocycles. The van der Waals surface area contributed by atoms with Gasteiger partial charge in [-0.2, -0.15) is 0 Å². The summed E-state index contributed by atoms with van der Waals surface area (Å²) in [6, 6.07) is 6.67.